The lowest BCUT2D eigenvalue weighted by Crippen LogP contribution is -1.87. The third kappa shape index (κ3) is 2.12. The molecule has 2 N–H and O–H groups in total. The van der Waals surface area contributed by atoms with E-state index < -0.39 is 0 Å². The van der Waals surface area contributed by atoms with E-state index in [4.69, 9.17) is 5.73 Å². The molecule has 0 amide bonds. The molecule has 0 saturated carbocycles. The van der Waals surface area contributed by atoms with Gasteiger partial charge in [0.2, 0.25) is 0 Å². The van der Waals surface area contributed by atoms with Crippen molar-refractivity contribution >= 4 is 17.4 Å². The van der Waals surface area contributed by atoms with Gasteiger partial charge in [-0.25, -0.2) is 4.39 Å². The molecule has 1 aromatic rings. The fourth-order valence-electron chi connectivity index (χ4n) is 0.786. The van der Waals surface area contributed by atoms with Gasteiger partial charge in [0.1, 0.15) is 5.82 Å². The Kier molecular flexibility index (Phi) is 2.76. The molecule has 0 aliphatic rings. The molecular weight excluding hydrogens is 161 g/mol. The number of hydrogen-bond donors (Lipinski definition) is 1. The summed E-state index contributed by atoms with van der Waals surface area (Å²) in [5, 5.41) is 0. The zero-order valence-corrected chi connectivity index (χ0v) is 7.12. The molecule has 0 aliphatic carbocycles. The number of rotatable bonds is 2. The van der Waals surface area contributed by atoms with Crippen LogP contribution in [0.4, 0.5) is 10.1 Å². The van der Waals surface area contributed by atoms with E-state index in [2.05, 4.69) is 0 Å². The second-order valence-electron chi connectivity index (χ2n) is 2.12. The van der Waals surface area contributed by atoms with Gasteiger partial charge >= 0.3 is 0 Å². The average molecular weight is 171 g/mol. The molecule has 1 aromatic carbocycles. The number of nitrogens with two attached hydrogens (primary N) is 1. The van der Waals surface area contributed by atoms with Crippen molar-refractivity contribution in [3.05, 3.63) is 24.0 Å². The van der Waals surface area contributed by atoms with Crippen LogP contribution in [0.15, 0.2) is 23.1 Å². The Morgan fingerprint density at radius 1 is 1.55 bits per heavy atom. The minimum atomic E-state index is -0.189. The van der Waals surface area contributed by atoms with E-state index in [0.717, 1.165) is 5.75 Å². The van der Waals surface area contributed by atoms with E-state index in [9.17, 15) is 4.39 Å². The molecule has 0 spiro atoms. The molecule has 0 bridgehead atoms. The maximum Gasteiger partial charge on any atom is 0.136 e. The minimum Gasteiger partial charge on any atom is -0.399 e. The number of anilines is 1. The predicted octanol–water partition coefficient (Wildman–Crippen LogP) is 2.52. The Morgan fingerprint density at radius 2 is 2.27 bits per heavy atom. The topological polar surface area (TPSA) is 26.0 Å². The van der Waals surface area contributed by atoms with E-state index >= 15 is 0 Å². The molecule has 3 heteroatoms. The maximum absolute atomic E-state index is 12.9. The van der Waals surface area contributed by atoms with Crippen LogP contribution in [0, 0.1) is 5.82 Å². The lowest BCUT2D eigenvalue weighted by Gasteiger charge is -2.00. The molecule has 0 fully saturated rings. The van der Waals surface area contributed by atoms with Gasteiger partial charge in [0.05, 0.1) is 0 Å². The van der Waals surface area contributed by atoms with Crippen molar-refractivity contribution < 1.29 is 4.39 Å². The van der Waals surface area contributed by atoms with Crippen LogP contribution in [0.25, 0.3) is 0 Å². The zero-order chi connectivity index (χ0) is 8.27. The van der Waals surface area contributed by atoms with Gasteiger partial charge in [0.25, 0.3) is 0 Å². The monoisotopic (exact) mass is 171 g/mol. The summed E-state index contributed by atoms with van der Waals surface area (Å²) < 4.78 is 12.9. The quantitative estimate of drug-likeness (QED) is 0.546. The van der Waals surface area contributed by atoms with Crippen LogP contribution in [-0.4, -0.2) is 5.75 Å². The maximum atomic E-state index is 12.9. The highest BCUT2D eigenvalue weighted by atomic mass is 32.2. The number of benzene rings is 1. The van der Waals surface area contributed by atoms with E-state index in [0.29, 0.717) is 10.6 Å². The molecule has 0 atom stereocenters. The Hall–Kier alpha value is -0.700. The summed E-state index contributed by atoms with van der Waals surface area (Å²) in [7, 11) is 0. The van der Waals surface area contributed by atoms with Crippen LogP contribution in [0.3, 0.4) is 0 Å². The van der Waals surface area contributed by atoms with Crippen LogP contribution in [0.1, 0.15) is 6.92 Å². The second kappa shape index (κ2) is 3.62. The first kappa shape index (κ1) is 8.40. The molecule has 60 valence electrons. The Labute approximate surface area is 69.8 Å². The Balaban J connectivity index is 2.93. The van der Waals surface area contributed by atoms with Crippen molar-refractivity contribution in [2.75, 3.05) is 11.5 Å². The Morgan fingerprint density at radius 3 is 2.91 bits per heavy atom. The van der Waals surface area contributed by atoms with Crippen LogP contribution in [-0.2, 0) is 0 Å². The lowest BCUT2D eigenvalue weighted by atomic mass is 10.3. The summed E-state index contributed by atoms with van der Waals surface area (Å²) in [4.78, 5) is 0.632. The zero-order valence-electron chi connectivity index (χ0n) is 6.30. The van der Waals surface area contributed by atoms with Gasteiger partial charge in [-0.05, 0) is 24.0 Å². The molecular formula is C8H10FNS. The highest BCUT2D eigenvalue weighted by Crippen LogP contribution is 2.23. The molecule has 0 radical (unpaired) electrons. The molecule has 11 heavy (non-hydrogen) atoms. The molecule has 0 aromatic heterocycles. The summed E-state index contributed by atoms with van der Waals surface area (Å²) in [5.74, 6) is 0.673. The molecule has 0 aliphatic heterocycles. The molecule has 0 heterocycles. The van der Waals surface area contributed by atoms with Crippen LogP contribution >= 0.6 is 11.8 Å². The number of nitrogen functional groups attached to an aromatic ring is 1. The first-order valence-corrected chi connectivity index (χ1v) is 4.40. The summed E-state index contributed by atoms with van der Waals surface area (Å²) in [6, 6.07) is 4.62. The molecule has 1 nitrogen and oxygen atoms in total. The molecule has 1 rings (SSSR count). The SMILES string of the molecule is CCSc1cc(N)ccc1F. The third-order valence-corrected chi connectivity index (χ3v) is 2.17. The summed E-state index contributed by atoms with van der Waals surface area (Å²) in [6.07, 6.45) is 0. The van der Waals surface area contributed by atoms with Crippen molar-refractivity contribution in [1.29, 1.82) is 0 Å². The number of hydrogen-bond acceptors (Lipinski definition) is 2. The van der Waals surface area contributed by atoms with Crippen molar-refractivity contribution in [1.82, 2.24) is 0 Å². The van der Waals surface area contributed by atoms with Crippen molar-refractivity contribution in [3.8, 4) is 0 Å². The summed E-state index contributed by atoms with van der Waals surface area (Å²) in [5.41, 5.74) is 6.09. The first-order valence-electron chi connectivity index (χ1n) is 3.42. The van der Waals surface area contributed by atoms with Crippen molar-refractivity contribution in [3.63, 3.8) is 0 Å². The van der Waals surface area contributed by atoms with Gasteiger partial charge in [0.15, 0.2) is 0 Å². The van der Waals surface area contributed by atoms with E-state index in [-0.39, 0.29) is 5.82 Å². The van der Waals surface area contributed by atoms with Crippen LogP contribution in [0.5, 0.6) is 0 Å². The number of thioether (sulfide) groups is 1. The van der Waals surface area contributed by atoms with Gasteiger partial charge < -0.3 is 5.73 Å². The van der Waals surface area contributed by atoms with Gasteiger partial charge in [-0.1, -0.05) is 6.92 Å². The standard InChI is InChI=1S/C8H10FNS/c1-2-11-8-5-6(10)3-4-7(8)9/h3-5H,2,10H2,1H3. The van der Waals surface area contributed by atoms with E-state index in [1.54, 1.807) is 12.1 Å². The molecule has 0 saturated heterocycles. The number of halogens is 1. The fourth-order valence-corrected chi connectivity index (χ4v) is 1.52. The summed E-state index contributed by atoms with van der Waals surface area (Å²) >= 11 is 1.46. The van der Waals surface area contributed by atoms with Gasteiger partial charge in [0, 0.05) is 10.6 Å². The normalized spacial score (nSPS) is 10.0. The largest absolute Gasteiger partial charge is 0.399 e. The van der Waals surface area contributed by atoms with E-state index in [1.807, 2.05) is 6.92 Å². The fraction of sp³-hybridized carbons (Fsp3) is 0.250. The second-order valence-corrected chi connectivity index (χ2v) is 3.43. The predicted molar refractivity (Wildman–Crippen MR) is 47.2 cm³/mol. The van der Waals surface area contributed by atoms with Crippen molar-refractivity contribution in [2.24, 2.45) is 0 Å². The van der Waals surface area contributed by atoms with Gasteiger partial charge in [-0.2, -0.15) is 0 Å². The highest BCUT2D eigenvalue weighted by Gasteiger charge is 2.00. The van der Waals surface area contributed by atoms with Gasteiger partial charge in [-0.3, -0.25) is 0 Å². The molecule has 0 unspecified atom stereocenters. The lowest BCUT2D eigenvalue weighted by molar-refractivity contribution is 0.602. The highest BCUT2D eigenvalue weighted by molar-refractivity contribution is 7.99. The van der Waals surface area contributed by atoms with E-state index in [1.165, 1.54) is 17.8 Å². The third-order valence-electron chi connectivity index (χ3n) is 1.26. The smallest absolute Gasteiger partial charge is 0.136 e. The average Bonchev–Trinajstić information content (AvgIpc) is 1.98. The van der Waals surface area contributed by atoms with Crippen LogP contribution in [0.2, 0.25) is 0 Å². The van der Waals surface area contributed by atoms with Gasteiger partial charge in [-0.15, -0.1) is 11.8 Å². The Bertz CT molecular complexity index is 250. The minimum absolute atomic E-state index is 0.189. The van der Waals surface area contributed by atoms with Crippen molar-refractivity contribution in [2.45, 2.75) is 11.8 Å². The first-order chi connectivity index (χ1) is 5.24. The summed E-state index contributed by atoms with van der Waals surface area (Å²) in [6.45, 7) is 1.98. The van der Waals surface area contributed by atoms with Crippen LogP contribution < -0.4 is 5.73 Å².